The lowest BCUT2D eigenvalue weighted by molar-refractivity contribution is -0.384. The molecule has 0 unspecified atom stereocenters. The summed E-state index contributed by atoms with van der Waals surface area (Å²) in [5.74, 6) is -0.835. The topological polar surface area (TPSA) is 102 Å². The van der Waals surface area contributed by atoms with Crippen LogP contribution in [0.2, 0.25) is 0 Å². The molecule has 8 nitrogen and oxygen atoms in total. The van der Waals surface area contributed by atoms with Crippen LogP contribution in [-0.4, -0.2) is 43.0 Å². The lowest BCUT2D eigenvalue weighted by Crippen LogP contribution is -2.32. The zero-order chi connectivity index (χ0) is 18.4. The van der Waals surface area contributed by atoms with Crippen molar-refractivity contribution < 1.29 is 19.2 Å². The largest absolute Gasteiger partial charge is 0.452 e. The third kappa shape index (κ3) is 5.17. The zero-order valence-corrected chi connectivity index (χ0v) is 14.5. The van der Waals surface area contributed by atoms with E-state index in [-0.39, 0.29) is 17.2 Å². The Kier molecular flexibility index (Phi) is 6.32. The molecule has 0 spiro atoms. The van der Waals surface area contributed by atoms with Gasteiger partial charge in [-0.05, 0) is 24.8 Å². The van der Waals surface area contributed by atoms with E-state index in [1.807, 2.05) is 18.7 Å². The first-order chi connectivity index (χ1) is 11.9. The van der Waals surface area contributed by atoms with E-state index in [1.54, 1.807) is 6.07 Å². The number of nitro groups is 1. The summed E-state index contributed by atoms with van der Waals surface area (Å²) in [7, 11) is 0. The highest BCUT2D eigenvalue weighted by Gasteiger charge is 2.24. The molecule has 8 heteroatoms. The summed E-state index contributed by atoms with van der Waals surface area (Å²) in [6.07, 6.45) is 2.01. The number of carbonyl (C=O) groups excluding carboxylic acids is 2. The normalized spacial score (nSPS) is 13.8. The van der Waals surface area contributed by atoms with Crippen molar-refractivity contribution in [3.8, 4) is 0 Å². The summed E-state index contributed by atoms with van der Waals surface area (Å²) in [6.45, 7) is 5.56. The molecule has 1 N–H and O–H groups in total. The molecule has 1 aromatic rings. The molecule has 136 valence electrons. The van der Waals surface area contributed by atoms with Crippen LogP contribution in [0.15, 0.2) is 18.2 Å². The number of hydrogen-bond donors (Lipinski definition) is 1. The van der Waals surface area contributed by atoms with Gasteiger partial charge in [-0.15, -0.1) is 0 Å². The van der Waals surface area contributed by atoms with Gasteiger partial charge in [0.05, 0.1) is 16.2 Å². The Hall–Kier alpha value is -2.64. The first kappa shape index (κ1) is 18.7. The van der Waals surface area contributed by atoms with E-state index in [0.717, 1.165) is 25.9 Å². The van der Waals surface area contributed by atoms with Crippen LogP contribution in [0.4, 0.5) is 11.4 Å². The second-order valence-electron chi connectivity index (χ2n) is 6.43. The fraction of sp³-hybridized carbons (Fsp3) is 0.529. The highest BCUT2D eigenvalue weighted by atomic mass is 16.6. The number of nitrogens with one attached hydrogen (secondary N) is 1. The van der Waals surface area contributed by atoms with E-state index in [4.69, 9.17) is 4.74 Å². The monoisotopic (exact) mass is 349 g/mol. The van der Waals surface area contributed by atoms with Crippen molar-refractivity contribution in [2.75, 3.05) is 31.1 Å². The molecule has 1 aromatic carbocycles. The summed E-state index contributed by atoms with van der Waals surface area (Å²) in [4.78, 5) is 36.5. The number of esters is 1. The maximum absolute atomic E-state index is 12.4. The SMILES string of the molecule is CC(C)CNC(=O)COC(=O)c1cc([N+](=O)[O-])ccc1N1CCCC1. The number of nitrogens with zero attached hydrogens (tertiary/aromatic N) is 2. The van der Waals surface area contributed by atoms with E-state index in [9.17, 15) is 19.7 Å². The maximum atomic E-state index is 12.4. The second-order valence-corrected chi connectivity index (χ2v) is 6.43. The highest BCUT2D eigenvalue weighted by molar-refractivity contribution is 5.97. The van der Waals surface area contributed by atoms with Crippen molar-refractivity contribution in [1.82, 2.24) is 5.32 Å². The molecule has 0 aromatic heterocycles. The number of nitro benzene ring substituents is 1. The van der Waals surface area contributed by atoms with Crippen LogP contribution in [0.3, 0.4) is 0 Å². The molecule has 1 amide bonds. The fourth-order valence-corrected chi connectivity index (χ4v) is 2.61. The molecular formula is C17H23N3O5. The second kappa shape index (κ2) is 8.46. The molecule has 0 radical (unpaired) electrons. The van der Waals surface area contributed by atoms with Gasteiger partial charge in [0.2, 0.25) is 0 Å². The summed E-state index contributed by atoms with van der Waals surface area (Å²) in [5.41, 5.74) is 0.544. The maximum Gasteiger partial charge on any atom is 0.341 e. The summed E-state index contributed by atoms with van der Waals surface area (Å²) in [6, 6.07) is 4.15. The molecule has 1 saturated heterocycles. The Morgan fingerprint density at radius 1 is 1.32 bits per heavy atom. The summed E-state index contributed by atoms with van der Waals surface area (Å²) >= 11 is 0. The standard InChI is InChI=1S/C17H23N3O5/c1-12(2)10-18-16(21)11-25-17(22)14-9-13(20(23)24)5-6-15(14)19-7-3-4-8-19/h5-6,9,12H,3-4,7-8,10-11H2,1-2H3,(H,18,21). The molecule has 0 bridgehead atoms. The van der Waals surface area contributed by atoms with Crippen molar-refractivity contribution >= 4 is 23.3 Å². The fourth-order valence-electron chi connectivity index (χ4n) is 2.61. The van der Waals surface area contributed by atoms with Crippen LogP contribution in [0, 0.1) is 16.0 Å². The molecular weight excluding hydrogens is 326 g/mol. The van der Waals surface area contributed by atoms with E-state index in [0.29, 0.717) is 12.2 Å². The Balaban J connectivity index is 2.11. The number of anilines is 1. The lowest BCUT2D eigenvalue weighted by atomic mass is 10.1. The van der Waals surface area contributed by atoms with Crippen LogP contribution < -0.4 is 10.2 Å². The van der Waals surface area contributed by atoms with Crippen LogP contribution in [0.1, 0.15) is 37.0 Å². The molecule has 1 aliphatic heterocycles. The molecule has 0 saturated carbocycles. The predicted molar refractivity (Wildman–Crippen MR) is 92.7 cm³/mol. The van der Waals surface area contributed by atoms with Crippen LogP contribution in [-0.2, 0) is 9.53 Å². The first-order valence-electron chi connectivity index (χ1n) is 8.35. The number of carbonyl (C=O) groups is 2. The Morgan fingerprint density at radius 3 is 2.60 bits per heavy atom. The molecule has 1 fully saturated rings. The van der Waals surface area contributed by atoms with Crippen molar-refractivity contribution in [2.45, 2.75) is 26.7 Å². The Labute approximate surface area is 146 Å². The number of benzene rings is 1. The quantitative estimate of drug-likeness (QED) is 0.460. The minimum atomic E-state index is -0.731. The minimum absolute atomic E-state index is 0.118. The molecule has 1 heterocycles. The number of ether oxygens (including phenoxy) is 1. The van der Waals surface area contributed by atoms with E-state index in [1.165, 1.54) is 12.1 Å². The van der Waals surface area contributed by atoms with Gasteiger partial charge in [-0.25, -0.2) is 4.79 Å². The molecule has 2 rings (SSSR count). The Bertz CT molecular complexity index is 654. The molecule has 1 aliphatic rings. The van der Waals surface area contributed by atoms with Crippen molar-refractivity contribution in [2.24, 2.45) is 5.92 Å². The van der Waals surface area contributed by atoms with E-state index >= 15 is 0 Å². The molecule has 0 aliphatic carbocycles. The lowest BCUT2D eigenvalue weighted by Gasteiger charge is -2.20. The van der Waals surface area contributed by atoms with Gasteiger partial charge in [0, 0.05) is 31.8 Å². The van der Waals surface area contributed by atoms with Gasteiger partial charge in [-0.3, -0.25) is 14.9 Å². The number of hydrogen-bond acceptors (Lipinski definition) is 6. The molecule has 25 heavy (non-hydrogen) atoms. The van der Waals surface area contributed by atoms with Crippen molar-refractivity contribution in [3.63, 3.8) is 0 Å². The van der Waals surface area contributed by atoms with Gasteiger partial charge >= 0.3 is 5.97 Å². The van der Waals surface area contributed by atoms with Gasteiger partial charge in [-0.1, -0.05) is 13.8 Å². The third-order valence-electron chi connectivity index (χ3n) is 3.90. The predicted octanol–water partition coefficient (Wildman–Crippen LogP) is 2.12. The van der Waals surface area contributed by atoms with Gasteiger partial charge in [-0.2, -0.15) is 0 Å². The van der Waals surface area contributed by atoms with E-state index < -0.39 is 23.4 Å². The van der Waals surface area contributed by atoms with Crippen LogP contribution in [0.5, 0.6) is 0 Å². The van der Waals surface area contributed by atoms with Crippen molar-refractivity contribution in [1.29, 1.82) is 0 Å². The van der Waals surface area contributed by atoms with Gasteiger partial charge < -0.3 is 15.0 Å². The minimum Gasteiger partial charge on any atom is -0.452 e. The number of amides is 1. The smallest absolute Gasteiger partial charge is 0.341 e. The third-order valence-corrected chi connectivity index (χ3v) is 3.90. The van der Waals surface area contributed by atoms with Crippen LogP contribution >= 0.6 is 0 Å². The summed E-state index contributed by atoms with van der Waals surface area (Å²) in [5, 5.41) is 13.7. The van der Waals surface area contributed by atoms with Crippen molar-refractivity contribution in [3.05, 3.63) is 33.9 Å². The van der Waals surface area contributed by atoms with Gasteiger partial charge in [0.25, 0.3) is 11.6 Å². The number of non-ortho nitro benzene ring substituents is 1. The number of rotatable bonds is 7. The van der Waals surface area contributed by atoms with E-state index in [2.05, 4.69) is 5.32 Å². The zero-order valence-electron chi connectivity index (χ0n) is 14.5. The average molecular weight is 349 g/mol. The highest BCUT2D eigenvalue weighted by Crippen LogP contribution is 2.28. The van der Waals surface area contributed by atoms with Gasteiger partial charge in [0.1, 0.15) is 0 Å². The molecule has 0 atom stereocenters. The summed E-state index contributed by atoms with van der Waals surface area (Å²) < 4.78 is 5.06. The van der Waals surface area contributed by atoms with Crippen LogP contribution in [0.25, 0.3) is 0 Å². The first-order valence-corrected chi connectivity index (χ1v) is 8.35. The average Bonchev–Trinajstić information content (AvgIpc) is 3.11. The Morgan fingerprint density at radius 2 is 2.00 bits per heavy atom. The van der Waals surface area contributed by atoms with Gasteiger partial charge in [0.15, 0.2) is 6.61 Å².